The molecule has 0 atom stereocenters. The lowest BCUT2D eigenvalue weighted by molar-refractivity contribution is -0.384. The van der Waals surface area contributed by atoms with E-state index in [1.165, 1.54) is 6.07 Å². The maximum Gasteiger partial charge on any atom is 0.295 e. The molecule has 8 heteroatoms. The number of benzene rings is 1. The number of amides is 1. The molecule has 7 nitrogen and oxygen atoms in total. The maximum atomic E-state index is 12.0. The number of hydrogen-bond acceptors (Lipinski definition) is 5. The molecule has 1 aliphatic rings. The summed E-state index contributed by atoms with van der Waals surface area (Å²) in [5.41, 5.74) is 1.76. The quantitative estimate of drug-likeness (QED) is 0.444. The van der Waals surface area contributed by atoms with Crippen molar-refractivity contribution in [3.05, 3.63) is 32.8 Å². The van der Waals surface area contributed by atoms with Crippen LogP contribution in [0.15, 0.2) is 12.1 Å². The summed E-state index contributed by atoms with van der Waals surface area (Å²) in [6.45, 7) is 1.91. The Morgan fingerprint density at radius 3 is 2.63 bits per heavy atom. The maximum absolute atomic E-state index is 12.0. The first-order valence-electron chi connectivity index (χ1n) is 5.63. The highest BCUT2D eigenvalue weighted by molar-refractivity contribution is 6.34. The molecule has 1 aromatic rings. The minimum atomic E-state index is -0.642. The molecule has 1 amide bonds. The van der Waals surface area contributed by atoms with Crippen molar-refractivity contribution in [2.45, 2.75) is 25.3 Å². The third-order valence-corrected chi connectivity index (χ3v) is 3.39. The van der Waals surface area contributed by atoms with Crippen molar-refractivity contribution < 1.29 is 9.72 Å². The Bertz CT molecular complexity index is 557. The van der Waals surface area contributed by atoms with Gasteiger partial charge in [0.1, 0.15) is 5.69 Å². The van der Waals surface area contributed by atoms with Crippen molar-refractivity contribution in [3.8, 4) is 0 Å². The number of nitrogens with zero attached hydrogens (tertiary/aromatic N) is 1. The topological polar surface area (TPSA) is 110 Å². The lowest BCUT2D eigenvalue weighted by Crippen LogP contribution is -2.34. The van der Waals surface area contributed by atoms with E-state index < -0.39 is 4.92 Å². The van der Waals surface area contributed by atoms with Gasteiger partial charge in [0.15, 0.2) is 0 Å². The van der Waals surface area contributed by atoms with Crippen LogP contribution in [0.2, 0.25) is 5.02 Å². The molecule has 1 saturated carbocycles. The normalized spacial score (nSPS) is 15.7. The van der Waals surface area contributed by atoms with Gasteiger partial charge in [0.2, 0.25) is 0 Å². The van der Waals surface area contributed by atoms with E-state index in [1.807, 2.05) is 6.92 Å². The Morgan fingerprint density at radius 2 is 2.16 bits per heavy atom. The van der Waals surface area contributed by atoms with Crippen molar-refractivity contribution in [2.24, 2.45) is 5.84 Å². The van der Waals surface area contributed by atoms with E-state index >= 15 is 0 Å². The Labute approximate surface area is 114 Å². The third-order valence-electron chi connectivity index (χ3n) is 3.09. The first-order chi connectivity index (χ1) is 8.86. The van der Waals surface area contributed by atoms with E-state index in [0.29, 0.717) is 0 Å². The Kier molecular flexibility index (Phi) is 3.34. The van der Waals surface area contributed by atoms with E-state index in [4.69, 9.17) is 17.4 Å². The Balaban J connectivity index is 2.36. The van der Waals surface area contributed by atoms with Gasteiger partial charge in [0.25, 0.3) is 11.6 Å². The molecule has 0 spiro atoms. The van der Waals surface area contributed by atoms with Crippen LogP contribution in [0.5, 0.6) is 0 Å². The fourth-order valence-corrected chi connectivity index (χ4v) is 1.94. The monoisotopic (exact) mass is 284 g/mol. The van der Waals surface area contributed by atoms with Crippen molar-refractivity contribution in [1.82, 2.24) is 5.32 Å². The molecule has 0 aliphatic heterocycles. The molecular weight excluding hydrogens is 272 g/mol. The lowest BCUT2D eigenvalue weighted by Gasteiger charge is -2.12. The summed E-state index contributed by atoms with van der Waals surface area (Å²) in [5, 5.41) is 13.8. The second kappa shape index (κ2) is 4.67. The molecule has 0 bridgehead atoms. The van der Waals surface area contributed by atoms with Gasteiger partial charge in [-0.25, -0.2) is 0 Å². The molecule has 2 rings (SSSR count). The summed E-state index contributed by atoms with van der Waals surface area (Å²) in [7, 11) is 0. The van der Waals surface area contributed by atoms with Gasteiger partial charge in [0.05, 0.1) is 9.95 Å². The molecule has 0 radical (unpaired) electrons. The number of nitro groups is 1. The zero-order valence-electron chi connectivity index (χ0n) is 10.2. The molecule has 4 N–H and O–H groups in total. The Morgan fingerprint density at radius 1 is 1.53 bits per heavy atom. The summed E-state index contributed by atoms with van der Waals surface area (Å²) in [5.74, 6) is 4.81. The van der Waals surface area contributed by atoms with Gasteiger partial charge >= 0.3 is 0 Å². The van der Waals surface area contributed by atoms with Crippen molar-refractivity contribution in [2.75, 3.05) is 5.43 Å². The molecule has 102 valence electrons. The summed E-state index contributed by atoms with van der Waals surface area (Å²) < 4.78 is 0. The fourth-order valence-electron chi connectivity index (χ4n) is 1.67. The van der Waals surface area contributed by atoms with Crippen molar-refractivity contribution >= 4 is 28.9 Å². The van der Waals surface area contributed by atoms with Crippen LogP contribution in [-0.4, -0.2) is 16.4 Å². The second-order valence-electron chi connectivity index (χ2n) is 4.77. The highest BCUT2D eigenvalue weighted by Crippen LogP contribution is 2.36. The average molecular weight is 285 g/mol. The minimum absolute atomic E-state index is 0.0131. The average Bonchev–Trinajstić information content (AvgIpc) is 3.05. The zero-order valence-corrected chi connectivity index (χ0v) is 11.0. The predicted molar refractivity (Wildman–Crippen MR) is 71.0 cm³/mol. The molecule has 1 aromatic carbocycles. The number of carbonyl (C=O) groups excluding carboxylic acids is 1. The minimum Gasteiger partial charge on any atom is -0.347 e. The molecule has 0 unspecified atom stereocenters. The lowest BCUT2D eigenvalue weighted by atomic mass is 10.1. The Hall–Kier alpha value is -1.86. The van der Waals surface area contributed by atoms with E-state index in [-0.39, 0.29) is 33.4 Å². The van der Waals surface area contributed by atoms with Crippen LogP contribution in [0.4, 0.5) is 11.4 Å². The summed E-state index contributed by atoms with van der Waals surface area (Å²) in [6, 6.07) is 2.51. The number of hydrazine groups is 1. The SMILES string of the molecule is CC1(NC(=O)c2cc(Cl)c(NN)c([N+](=O)[O-])c2)CC1. The van der Waals surface area contributed by atoms with Gasteiger partial charge in [0, 0.05) is 17.2 Å². The number of nitrogens with two attached hydrogens (primary N) is 1. The molecular formula is C11H13ClN4O3. The standard InChI is InChI=1S/C11H13ClN4O3/c1-11(2-3-11)14-10(17)6-4-7(12)9(15-13)8(5-6)16(18)19/h4-5,15H,2-3,13H2,1H3,(H,14,17). The van der Waals surface area contributed by atoms with E-state index in [9.17, 15) is 14.9 Å². The van der Waals surface area contributed by atoms with Gasteiger partial charge in [-0.05, 0) is 25.8 Å². The number of anilines is 1. The summed E-state index contributed by atoms with van der Waals surface area (Å²) in [4.78, 5) is 22.3. The molecule has 0 heterocycles. The van der Waals surface area contributed by atoms with Crippen LogP contribution < -0.4 is 16.6 Å². The number of nitrogen functional groups attached to an aromatic ring is 1. The highest BCUT2D eigenvalue weighted by Gasteiger charge is 2.39. The number of carbonyl (C=O) groups is 1. The molecule has 0 saturated heterocycles. The number of hydrogen-bond donors (Lipinski definition) is 3. The highest BCUT2D eigenvalue weighted by atomic mass is 35.5. The van der Waals surface area contributed by atoms with E-state index in [0.717, 1.165) is 18.9 Å². The summed E-state index contributed by atoms with van der Waals surface area (Å²) >= 11 is 5.88. The van der Waals surface area contributed by atoms with Gasteiger partial charge in [-0.15, -0.1) is 0 Å². The van der Waals surface area contributed by atoms with Crippen LogP contribution in [0.3, 0.4) is 0 Å². The first-order valence-corrected chi connectivity index (χ1v) is 6.01. The first kappa shape index (κ1) is 13.6. The van der Waals surface area contributed by atoms with Gasteiger partial charge < -0.3 is 10.7 Å². The molecule has 0 aromatic heterocycles. The van der Waals surface area contributed by atoms with Gasteiger partial charge in [-0.2, -0.15) is 0 Å². The van der Waals surface area contributed by atoms with E-state index in [2.05, 4.69) is 10.7 Å². The number of halogens is 1. The third kappa shape index (κ3) is 2.77. The fraction of sp³-hybridized carbons (Fsp3) is 0.364. The van der Waals surface area contributed by atoms with Crippen molar-refractivity contribution in [1.29, 1.82) is 0 Å². The predicted octanol–water partition coefficient (Wildman–Crippen LogP) is 1.82. The van der Waals surface area contributed by atoms with Crippen LogP contribution >= 0.6 is 11.6 Å². The molecule has 1 fully saturated rings. The number of nitrogens with one attached hydrogen (secondary N) is 2. The number of rotatable bonds is 4. The van der Waals surface area contributed by atoms with Gasteiger partial charge in [-0.1, -0.05) is 11.6 Å². The smallest absolute Gasteiger partial charge is 0.295 e. The second-order valence-corrected chi connectivity index (χ2v) is 5.18. The van der Waals surface area contributed by atoms with Crippen LogP contribution in [0.25, 0.3) is 0 Å². The van der Waals surface area contributed by atoms with Crippen LogP contribution in [0, 0.1) is 10.1 Å². The van der Waals surface area contributed by atoms with E-state index in [1.54, 1.807) is 0 Å². The largest absolute Gasteiger partial charge is 0.347 e. The van der Waals surface area contributed by atoms with Crippen LogP contribution in [-0.2, 0) is 0 Å². The molecule has 1 aliphatic carbocycles. The van der Waals surface area contributed by atoms with Crippen molar-refractivity contribution in [3.63, 3.8) is 0 Å². The zero-order chi connectivity index (χ0) is 14.2. The van der Waals surface area contributed by atoms with Gasteiger partial charge in [-0.3, -0.25) is 20.8 Å². The molecule has 19 heavy (non-hydrogen) atoms. The van der Waals surface area contributed by atoms with Crippen LogP contribution in [0.1, 0.15) is 30.1 Å². The number of nitro benzene ring substituents is 1. The summed E-state index contributed by atoms with van der Waals surface area (Å²) in [6.07, 6.45) is 1.80.